The van der Waals surface area contributed by atoms with Crippen LogP contribution in [0.4, 0.5) is 0 Å². The minimum absolute atomic E-state index is 0.178. The summed E-state index contributed by atoms with van der Waals surface area (Å²) in [6.45, 7) is 0.782. The molecule has 0 radical (unpaired) electrons. The summed E-state index contributed by atoms with van der Waals surface area (Å²) in [5.41, 5.74) is -1.02. The van der Waals surface area contributed by atoms with Crippen LogP contribution in [0.2, 0.25) is 0 Å². The smallest absolute Gasteiger partial charge is 0.179 e. The highest BCUT2D eigenvalue weighted by molar-refractivity contribution is 8.14. The van der Waals surface area contributed by atoms with Crippen molar-refractivity contribution in [3.63, 3.8) is 0 Å². The van der Waals surface area contributed by atoms with Crippen molar-refractivity contribution >= 4 is 28.4 Å². The van der Waals surface area contributed by atoms with Gasteiger partial charge in [0.15, 0.2) is 5.72 Å². The normalized spacial score (nSPS) is 29.6. The van der Waals surface area contributed by atoms with E-state index in [0.717, 1.165) is 11.6 Å². The number of aliphatic hydroxyl groups is 1. The van der Waals surface area contributed by atoms with Crippen molar-refractivity contribution < 1.29 is 5.11 Å². The first-order valence-corrected chi connectivity index (χ1v) is 5.22. The van der Waals surface area contributed by atoms with Gasteiger partial charge in [-0.2, -0.15) is 0 Å². The van der Waals surface area contributed by atoms with Gasteiger partial charge in [-0.3, -0.25) is 0 Å². The van der Waals surface area contributed by atoms with Gasteiger partial charge in [0, 0.05) is 6.54 Å². The van der Waals surface area contributed by atoms with Gasteiger partial charge in [0.25, 0.3) is 0 Å². The van der Waals surface area contributed by atoms with Crippen LogP contribution in [-0.4, -0.2) is 53.0 Å². The summed E-state index contributed by atoms with van der Waals surface area (Å²) in [6, 6.07) is 0. The monoisotopic (exact) mass is 208 g/mol. The molecular formula is C7H13ClN2OS. The van der Waals surface area contributed by atoms with E-state index in [9.17, 15) is 5.11 Å². The summed E-state index contributed by atoms with van der Waals surface area (Å²) in [4.78, 5) is 6.16. The maximum Gasteiger partial charge on any atom is 0.179 e. The number of rotatable bonds is 3. The van der Waals surface area contributed by atoms with Crippen molar-refractivity contribution in [1.29, 1.82) is 0 Å². The number of thioether (sulfide) groups is 1. The highest BCUT2D eigenvalue weighted by Crippen LogP contribution is 2.26. The molecule has 0 amide bonds. The molecule has 0 spiro atoms. The summed E-state index contributed by atoms with van der Waals surface area (Å²) < 4.78 is 0. The van der Waals surface area contributed by atoms with Crippen LogP contribution in [0.3, 0.4) is 0 Å². The van der Waals surface area contributed by atoms with Crippen LogP contribution < -0.4 is 0 Å². The number of aliphatic imine (C=N–C) groups is 1. The molecule has 0 fully saturated rings. The van der Waals surface area contributed by atoms with Crippen LogP contribution >= 0.6 is 23.4 Å². The Balaban J connectivity index is 2.53. The number of hydrogen-bond acceptors (Lipinski definition) is 4. The minimum atomic E-state index is -1.02. The van der Waals surface area contributed by atoms with Crippen LogP contribution in [0.1, 0.15) is 0 Å². The zero-order valence-electron chi connectivity index (χ0n) is 7.25. The highest BCUT2D eigenvalue weighted by Gasteiger charge is 2.31. The van der Waals surface area contributed by atoms with Gasteiger partial charge >= 0.3 is 0 Å². The molecule has 70 valence electrons. The Morgan fingerprint density at radius 3 is 2.83 bits per heavy atom. The molecule has 3 nitrogen and oxygen atoms in total. The summed E-state index contributed by atoms with van der Waals surface area (Å²) in [5.74, 6) is 0.761. The summed E-state index contributed by atoms with van der Waals surface area (Å²) in [7, 11) is 3.95. The lowest BCUT2D eigenvalue weighted by molar-refractivity contribution is 0.102. The Morgan fingerprint density at radius 2 is 2.42 bits per heavy atom. The van der Waals surface area contributed by atoms with Gasteiger partial charge in [-0.25, -0.2) is 4.99 Å². The summed E-state index contributed by atoms with van der Waals surface area (Å²) in [6.07, 6.45) is 0. The lowest BCUT2D eigenvalue weighted by Gasteiger charge is -2.12. The Morgan fingerprint density at radius 1 is 1.75 bits per heavy atom. The molecule has 0 saturated carbocycles. The van der Waals surface area contributed by atoms with Crippen molar-refractivity contribution in [1.82, 2.24) is 4.90 Å². The molecule has 0 unspecified atom stereocenters. The molecule has 0 aromatic rings. The van der Waals surface area contributed by atoms with Gasteiger partial charge in [0.1, 0.15) is 0 Å². The Hall–Kier alpha value is 0.230. The second-order valence-electron chi connectivity index (χ2n) is 3.15. The third-order valence-electron chi connectivity index (χ3n) is 1.47. The number of hydrogen-bond donors (Lipinski definition) is 1. The fourth-order valence-electron chi connectivity index (χ4n) is 0.916. The molecule has 1 atom stereocenters. The molecule has 1 heterocycles. The maximum atomic E-state index is 9.62. The molecule has 1 aliphatic rings. The van der Waals surface area contributed by atoms with Crippen LogP contribution in [-0.2, 0) is 0 Å². The van der Waals surface area contributed by atoms with E-state index in [-0.39, 0.29) is 5.88 Å². The molecule has 5 heteroatoms. The van der Waals surface area contributed by atoms with E-state index in [4.69, 9.17) is 11.6 Å². The zero-order valence-corrected chi connectivity index (χ0v) is 8.82. The second-order valence-corrected chi connectivity index (χ2v) is 4.46. The van der Waals surface area contributed by atoms with Crippen molar-refractivity contribution in [2.75, 3.05) is 32.3 Å². The van der Waals surface area contributed by atoms with Crippen molar-refractivity contribution in [3.8, 4) is 0 Å². The molecule has 0 bridgehead atoms. The number of halogens is 1. The molecule has 12 heavy (non-hydrogen) atoms. The molecular weight excluding hydrogens is 196 g/mol. The average Bonchev–Trinajstić information content (AvgIpc) is 2.32. The van der Waals surface area contributed by atoms with Gasteiger partial charge in [0.05, 0.1) is 16.7 Å². The van der Waals surface area contributed by atoms with Gasteiger partial charge in [-0.15, -0.1) is 23.4 Å². The van der Waals surface area contributed by atoms with Crippen molar-refractivity contribution in [2.45, 2.75) is 5.72 Å². The largest absolute Gasteiger partial charge is 0.367 e. The van der Waals surface area contributed by atoms with E-state index in [1.807, 2.05) is 19.0 Å². The standard InChI is InChI=1S/C7H13ClN2OS/c1-10(2)3-6-9-7(11,4-8)5-12-6/h11H,3-5H2,1-2H3/t7-/m0/s1. The third-order valence-corrected chi connectivity index (χ3v) is 3.06. The lowest BCUT2D eigenvalue weighted by atomic mass is 10.3. The molecule has 0 aliphatic carbocycles. The van der Waals surface area contributed by atoms with Crippen LogP contribution in [0.15, 0.2) is 4.99 Å². The zero-order chi connectivity index (χ0) is 9.19. The Kier molecular flexibility index (Phi) is 3.40. The fraction of sp³-hybridized carbons (Fsp3) is 0.857. The topological polar surface area (TPSA) is 35.8 Å². The number of nitrogens with zero attached hydrogens (tertiary/aromatic N) is 2. The minimum Gasteiger partial charge on any atom is -0.367 e. The van der Waals surface area contributed by atoms with E-state index < -0.39 is 5.72 Å². The van der Waals surface area contributed by atoms with Crippen LogP contribution in [0, 0.1) is 0 Å². The van der Waals surface area contributed by atoms with Gasteiger partial charge in [-0.05, 0) is 14.1 Å². The Bertz CT molecular complexity index is 198. The van der Waals surface area contributed by atoms with E-state index in [0.29, 0.717) is 5.75 Å². The average molecular weight is 209 g/mol. The second kappa shape index (κ2) is 3.96. The molecule has 1 aliphatic heterocycles. The maximum absolute atomic E-state index is 9.62. The van der Waals surface area contributed by atoms with E-state index in [1.165, 1.54) is 0 Å². The highest BCUT2D eigenvalue weighted by atomic mass is 35.5. The van der Waals surface area contributed by atoms with E-state index >= 15 is 0 Å². The van der Waals surface area contributed by atoms with Gasteiger partial charge < -0.3 is 10.0 Å². The first-order chi connectivity index (χ1) is 5.56. The first kappa shape index (κ1) is 10.3. The van der Waals surface area contributed by atoms with Crippen LogP contribution in [0.25, 0.3) is 0 Å². The quantitative estimate of drug-likeness (QED) is 0.691. The van der Waals surface area contributed by atoms with Crippen LogP contribution in [0.5, 0.6) is 0 Å². The molecule has 0 aromatic heterocycles. The van der Waals surface area contributed by atoms with Crippen molar-refractivity contribution in [2.24, 2.45) is 4.99 Å². The molecule has 1 N–H and O–H groups in total. The predicted molar refractivity (Wildman–Crippen MR) is 54.1 cm³/mol. The van der Waals surface area contributed by atoms with E-state index in [1.54, 1.807) is 11.8 Å². The Labute approximate surface area is 81.8 Å². The summed E-state index contributed by atoms with van der Waals surface area (Å²) >= 11 is 7.14. The lowest BCUT2D eigenvalue weighted by Crippen LogP contribution is -2.28. The fourth-order valence-corrected chi connectivity index (χ4v) is 2.33. The number of alkyl halides is 1. The first-order valence-electron chi connectivity index (χ1n) is 3.70. The third kappa shape index (κ3) is 2.62. The predicted octanol–water partition coefficient (Wildman–Crippen LogP) is 0.621. The summed E-state index contributed by atoms with van der Waals surface area (Å²) in [5, 5.41) is 10.6. The van der Waals surface area contributed by atoms with E-state index in [2.05, 4.69) is 4.99 Å². The molecule has 0 saturated heterocycles. The van der Waals surface area contributed by atoms with Gasteiger partial charge in [-0.1, -0.05) is 0 Å². The molecule has 0 aromatic carbocycles. The SMILES string of the molecule is CN(C)CC1=N[C@](O)(CCl)CS1. The van der Waals surface area contributed by atoms with Crippen molar-refractivity contribution in [3.05, 3.63) is 0 Å². The molecule has 1 rings (SSSR count). The van der Waals surface area contributed by atoms with Gasteiger partial charge in [0.2, 0.25) is 0 Å².